The van der Waals surface area contributed by atoms with Gasteiger partial charge in [0, 0.05) is 31.9 Å². The summed E-state index contributed by atoms with van der Waals surface area (Å²) < 4.78 is 0. The molecule has 0 spiro atoms. The average molecular weight is 353 g/mol. The van der Waals surface area contributed by atoms with Gasteiger partial charge in [-0.25, -0.2) is 0 Å². The van der Waals surface area contributed by atoms with Gasteiger partial charge in [-0.15, -0.1) is 0 Å². The maximum Gasteiger partial charge on any atom is 0.253 e. The molecular weight excluding hydrogens is 326 g/mol. The molecule has 5 nitrogen and oxygen atoms in total. The van der Waals surface area contributed by atoms with Gasteiger partial charge in [0.1, 0.15) is 0 Å². The minimum atomic E-state index is -0.170. The minimum Gasteiger partial charge on any atom is -0.377 e. The minimum absolute atomic E-state index is 0.0471. The van der Waals surface area contributed by atoms with Crippen LogP contribution in [0.3, 0.4) is 0 Å². The quantitative estimate of drug-likeness (QED) is 0.791. The van der Waals surface area contributed by atoms with Gasteiger partial charge in [0.2, 0.25) is 5.91 Å². The van der Waals surface area contributed by atoms with Crippen molar-refractivity contribution < 1.29 is 9.59 Å². The predicted octanol–water partition coefficient (Wildman–Crippen LogP) is 3.98. The molecule has 0 saturated carbocycles. The first-order valence-electron chi connectivity index (χ1n) is 8.89. The molecule has 0 saturated heterocycles. The lowest BCUT2D eigenvalue weighted by atomic mass is 10.1. The van der Waals surface area contributed by atoms with Crippen molar-refractivity contribution in [1.82, 2.24) is 5.32 Å². The van der Waals surface area contributed by atoms with E-state index in [1.165, 1.54) is 0 Å². The number of nitrogens with zero attached hydrogens (tertiary/aromatic N) is 1. The summed E-state index contributed by atoms with van der Waals surface area (Å²) in [4.78, 5) is 26.6. The number of hydrogen-bond donors (Lipinski definition) is 2. The zero-order chi connectivity index (χ0) is 19.1. The van der Waals surface area contributed by atoms with E-state index >= 15 is 0 Å². The molecule has 2 aromatic rings. The van der Waals surface area contributed by atoms with Crippen LogP contribution >= 0.6 is 0 Å². The first-order valence-corrected chi connectivity index (χ1v) is 8.89. The molecule has 2 amide bonds. The van der Waals surface area contributed by atoms with E-state index in [0.717, 1.165) is 17.7 Å². The van der Waals surface area contributed by atoms with Crippen LogP contribution in [0.2, 0.25) is 0 Å². The van der Waals surface area contributed by atoms with Crippen LogP contribution in [0, 0.1) is 0 Å². The summed E-state index contributed by atoms with van der Waals surface area (Å²) in [5.41, 5.74) is 3.01. The standard InChI is InChI=1S/C21H27N3O2/c1-5-9-20(25)23-17-12-13-19(24(3)4)18(14-17)21(26)22-15(2)16-10-7-6-8-11-16/h6-8,10-15H,5,9H2,1-4H3,(H,22,26)(H,23,25). The summed E-state index contributed by atoms with van der Waals surface area (Å²) in [6.07, 6.45) is 1.24. The zero-order valence-electron chi connectivity index (χ0n) is 15.9. The van der Waals surface area contributed by atoms with Gasteiger partial charge in [-0.05, 0) is 37.1 Å². The number of rotatable bonds is 7. The second-order valence-electron chi connectivity index (χ2n) is 6.53. The maximum atomic E-state index is 12.9. The van der Waals surface area contributed by atoms with E-state index in [0.29, 0.717) is 17.7 Å². The molecule has 0 fully saturated rings. The summed E-state index contributed by atoms with van der Waals surface area (Å²) in [5.74, 6) is -0.217. The number of anilines is 2. The van der Waals surface area contributed by atoms with Crippen LogP contribution in [0.4, 0.5) is 11.4 Å². The summed E-state index contributed by atoms with van der Waals surface area (Å²) in [6, 6.07) is 15.1. The van der Waals surface area contributed by atoms with Crippen LogP contribution < -0.4 is 15.5 Å². The average Bonchev–Trinajstić information content (AvgIpc) is 2.62. The highest BCUT2D eigenvalue weighted by molar-refractivity contribution is 6.02. The van der Waals surface area contributed by atoms with Crippen molar-refractivity contribution in [3.8, 4) is 0 Å². The molecule has 0 heterocycles. The molecule has 2 aromatic carbocycles. The highest BCUT2D eigenvalue weighted by Gasteiger charge is 2.17. The second kappa shape index (κ2) is 9.04. The van der Waals surface area contributed by atoms with Crippen LogP contribution in [0.15, 0.2) is 48.5 Å². The molecule has 2 rings (SSSR count). The molecule has 0 bridgehead atoms. The Bertz CT molecular complexity index is 757. The normalized spacial score (nSPS) is 11.5. The van der Waals surface area contributed by atoms with E-state index in [9.17, 15) is 9.59 Å². The van der Waals surface area contributed by atoms with Crippen molar-refractivity contribution in [2.45, 2.75) is 32.7 Å². The number of benzene rings is 2. The second-order valence-corrected chi connectivity index (χ2v) is 6.53. The number of amides is 2. The van der Waals surface area contributed by atoms with Crippen molar-refractivity contribution >= 4 is 23.2 Å². The SMILES string of the molecule is CCCC(=O)Nc1ccc(N(C)C)c(C(=O)NC(C)c2ccccc2)c1. The molecule has 0 aliphatic heterocycles. The van der Waals surface area contributed by atoms with Crippen molar-refractivity contribution in [1.29, 1.82) is 0 Å². The highest BCUT2D eigenvalue weighted by Crippen LogP contribution is 2.24. The lowest BCUT2D eigenvalue weighted by Gasteiger charge is -2.20. The fraction of sp³-hybridized carbons (Fsp3) is 0.333. The molecule has 1 atom stereocenters. The number of carbonyl (C=O) groups is 2. The number of carbonyl (C=O) groups excluding carboxylic acids is 2. The van der Waals surface area contributed by atoms with Crippen LogP contribution in [-0.4, -0.2) is 25.9 Å². The predicted molar refractivity (Wildman–Crippen MR) is 107 cm³/mol. The monoisotopic (exact) mass is 353 g/mol. The van der Waals surface area contributed by atoms with Crippen molar-refractivity contribution in [3.05, 3.63) is 59.7 Å². The third kappa shape index (κ3) is 5.09. The fourth-order valence-corrected chi connectivity index (χ4v) is 2.74. The molecule has 1 unspecified atom stereocenters. The van der Waals surface area contributed by atoms with Crippen molar-refractivity contribution in [2.75, 3.05) is 24.3 Å². The first kappa shape index (κ1) is 19.5. The molecule has 0 radical (unpaired) electrons. The molecular formula is C21H27N3O2. The Kier molecular flexibility index (Phi) is 6.78. The van der Waals surface area contributed by atoms with E-state index in [4.69, 9.17) is 0 Å². The Morgan fingerprint density at radius 3 is 2.38 bits per heavy atom. The van der Waals surface area contributed by atoms with Gasteiger partial charge in [-0.1, -0.05) is 37.3 Å². The highest BCUT2D eigenvalue weighted by atomic mass is 16.2. The van der Waals surface area contributed by atoms with Gasteiger partial charge in [0.05, 0.1) is 11.6 Å². The maximum absolute atomic E-state index is 12.9. The summed E-state index contributed by atoms with van der Waals surface area (Å²) in [5, 5.41) is 5.89. The van der Waals surface area contributed by atoms with E-state index in [1.54, 1.807) is 6.07 Å². The van der Waals surface area contributed by atoms with Crippen molar-refractivity contribution in [2.24, 2.45) is 0 Å². The van der Waals surface area contributed by atoms with E-state index < -0.39 is 0 Å². The topological polar surface area (TPSA) is 61.4 Å². The smallest absolute Gasteiger partial charge is 0.253 e. The molecule has 5 heteroatoms. The van der Waals surface area contributed by atoms with Crippen LogP contribution in [0.5, 0.6) is 0 Å². The third-order valence-corrected chi connectivity index (χ3v) is 4.13. The molecule has 26 heavy (non-hydrogen) atoms. The third-order valence-electron chi connectivity index (χ3n) is 4.13. The lowest BCUT2D eigenvalue weighted by Crippen LogP contribution is -2.28. The van der Waals surface area contributed by atoms with E-state index in [-0.39, 0.29) is 17.9 Å². The Morgan fingerprint density at radius 2 is 1.77 bits per heavy atom. The first-order chi connectivity index (χ1) is 12.4. The van der Waals surface area contributed by atoms with Gasteiger partial charge in [0.25, 0.3) is 5.91 Å². The Morgan fingerprint density at radius 1 is 1.08 bits per heavy atom. The molecule has 2 N–H and O–H groups in total. The Labute approximate surface area is 155 Å². The van der Waals surface area contributed by atoms with Crippen LogP contribution in [-0.2, 0) is 4.79 Å². The Hall–Kier alpha value is -2.82. The van der Waals surface area contributed by atoms with Gasteiger partial charge in [-0.2, -0.15) is 0 Å². The fourth-order valence-electron chi connectivity index (χ4n) is 2.74. The summed E-state index contributed by atoms with van der Waals surface area (Å²) in [7, 11) is 3.78. The summed E-state index contributed by atoms with van der Waals surface area (Å²) in [6.45, 7) is 3.91. The number of hydrogen-bond acceptors (Lipinski definition) is 3. The van der Waals surface area contributed by atoms with Crippen molar-refractivity contribution in [3.63, 3.8) is 0 Å². The van der Waals surface area contributed by atoms with Crippen LogP contribution in [0.25, 0.3) is 0 Å². The lowest BCUT2D eigenvalue weighted by molar-refractivity contribution is -0.116. The molecule has 0 aliphatic carbocycles. The van der Waals surface area contributed by atoms with Gasteiger partial charge < -0.3 is 15.5 Å². The van der Waals surface area contributed by atoms with E-state index in [1.807, 2.05) is 75.3 Å². The van der Waals surface area contributed by atoms with Crippen LogP contribution in [0.1, 0.15) is 48.7 Å². The molecule has 0 aromatic heterocycles. The Balaban J connectivity index is 2.23. The zero-order valence-corrected chi connectivity index (χ0v) is 15.9. The molecule has 138 valence electrons. The number of nitrogens with one attached hydrogen (secondary N) is 2. The van der Waals surface area contributed by atoms with Gasteiger partial charge in [0.15, 0.2) is 0 Å². The summed E-state index contributed by atoms with van der Waals surface area (Å²) >= 11 is 0. The van der Waals surface area contributed by atoms with Gasteiger partial charge in [-0.3, -0.25) is 9.59 Å². The van der Waals surface area contributed by atoms with E-state index in [2.05, 4.69) is 10.6 Å². The molecule has 0 aliphatic rings. The largest absolute Gasteiger partial charge is 0.377 e. The van der Waals surface area contributed by atoms with Gasteiger partial charge >= 0.3 is 0 Å².